The van der Waals surface area contributed by atoms with E-state index in [1.165, 1.54) is 0 Å². The van der Waals surface area contributed by atoms with Gasteiger partial charge in [-0.15, -0.1) is 0 Å². The monoisotopic (exact) mass is 1630 g/mol. The summed E-state index contributed by atoms with van der Waals surface area (Å²) in [6, 6.07) is 7.67. The standard InChI is InChI=1S/C44H115O22Si13.Rf/c1-45-31-29-32-67(17,18)61-78(62-68(19,20)35-40-73(46-2,47-3)48-4,63-69(21,22)36-41-74(49-5,50-6)51-7)33-30-34-79(64-70(23,24)37-42-75(52-8,53-9)54-10,65-71(25,26)38-43-76(55-11,56-12)57-13)66-72(27,28)39-44-77(58-14,59-15)60-16;/h1,29-44H2,2-28H3;/q-1;. The molecule has 0 heterocycles. The minimum Gasteiger partial charge on any atom is -0.555 e. The van der Waals surface area contributed by atoms with Crippen LogP contribution in [0.5, 0.6) is 0 Å². The SMILES string of the molecule is [CH2-]OCCC[Si](C)(C)O[Si](CCC[Si](O[Si](C)(C)CC[Si](OC)(OC)OC)(O[Si](C)(C)CC[Si](OC)(OC)OC)O[Si](C)(C)CC[Si](OC)(OC)OC)(O[Si](C)(C)CC[Si](OC)(OC)OC)O[Si](C)(C)CC[Si](OC)(OC)OC.[Rf]. The Bertz CT molecular complexity index is 1480. The molecule has 0 saturated heterocycles. The van der Waals surface area contributed by atoms with E-state index in [2.05, 4.69) is 85.7 Å². The Kier molecular flexibility index (Phi) is 37.8. The summed E-state index contributed by atoms with van der Waals surface area (Å²) in [5.74, 6) is 0. The molecule has 0 radical (unpaired) electrons. The Labute approximate surface area is 494 Å². The van der Waals surface area contributed by atoms with E-state index in [9.17, 15) is 0 Å². The summed E-state index contributed by atoms with van der Waals surface area (Å²) < 4.78 is 142. The molecule has 0 spiro atoms. The molecule has 0 amide bonds. The van der Waals surface area contributed by atoms with Crippen molar-refractivity contribution in [3.63, 3.8) is 0 Å². The van der Waals surface area contributed by atoms with Crippen LogP contribution in [0.1, 0.15) is 12.8 Å². The maximum absolute atomic E-state index is 7.88. The van der Waals surface area contributed by atoms with Gasteiger partial charge >= 0.3 is 61.6 Å². The van der Waals surface area contributed by atoms with Crippen LogP contribution in [0.25, 0.3) is 0 Å². The van der Waals surface area contributed by atoms with Gasteiger partial charge in [-0.25, -0.2) is 7.11 Å². The van der Waals surface area contributed by atoms with Crippen LogP contribution in [-0.2, 0) is 95.8 Å². The largest absolute Gasteiger partial charge is 0.555 e. The summed E-state index contributed by atoms with van der Waals surface area (Å²) in [6.07, 6.45) is 1.30. The molecule has 0 fully saturated rings. The molecule has 0 N–H and O–H groups in total. The van der Waals surface area contributed by atoms with E-state index >= 15 is 0 Å². The van der Waals surface area contributed by atoms with Crippen molar-refractivity contribution in [1.29, 1.82) is 0 Å². The van der Waals surface area contributed by atoms with Crippen LogP contribution in [0.15, 0.2) is 0 Å². The predicted molar refractivity (Wildman–Crippen MR) is 340 cm³/mol. The maximum atomic E-state index is 7.88. The molecule has 0 atom stereocenters. The summed E-state index contributed by atoms with van der Waals surface area (Å²) in [6.45, 7) is 27.2. The van der Waals surface area contributed by atoms with Crippen LogP contribution in [0.2, 0.25) is 157 Å². The molecular weight excluding hydrogens is 1510 g/mol. The molecule has 80 heavy (non-hydrogen) atoms. The van der Waals surface area contributed by atoms with E-state index in [-0.39, 0.29) is 0 Å². The fourth-order valence-electron chi connectivity index (χ4n) is 9.44. The Hall–Kier alpha value is 0.939. The molecule has 0 rings (SSSR count). The Balaban J connectivity index is 0. The Morgan fingerprint density at radius 3 is 0.525 bits per heavy atom. The summed E-state index contributed by atoms with van der Waals surface area (Å²) in [5.41, 5.74) is 0. The Morgan fingerprint density at radius 1 is 0.212 bits per heavy atom. The maximum Gasteiger partial charge on any atom is 0.499 e. The van der Waals surface area contributed by atoms with Gasteiger partial charge in [-0.1, -0.05) is 0 Å². The van der Waals surface area contributed by atoms with Gasteiger partial charge in [0.05, 0.1) is 0 Å². The number of rotatable bonds is 50. The first-order valence-electron chi connectivity index (χ1n) is 27.3. The predicted octanol–water partition coefficient (Wildman–Crippen LogP) is 10.2. The average Bonchev–Trinajstić information content (AvgIpc) is 3.38. The molecule has 0 aliphatic heterocycles. The fraction of sp³-hybridized carbons (Fsp3) is 0.977. The van der Waals surface area contributed by atoms with Gasteiger partial charge in [0.15, 0.2) is 49.9 Å². The van der Waals surface area contributed by atoms with Crippen LogP contribution >= 0.6 is 0 Å². The van der Waals surface area contributed by atoms with E-state index in [0.29, 0.717) is 85.6 Å². The van der Waals surface area contributed by atoms with Crippen molar-refractivity contribution in [3.05, 3.63) is 7.11 Å². The summed E-state index contributed by atoms with van der Waals surface area (Å²) in [5, 5.41) is 0. The minimum atomic E-state index is -3.85. The van der Waals surface area contributed by atoms with Crippen molar-refractivity contribution in [3.8, 4) is 0 Å². The number of ether oxygens (including phenoxy) is 1. The second-order valence-electron chi connectivity index (χ2n) is 23.4. The fourth-order valence-corrected chi connectivity index (χ4v) is 64.1. The zero-order chi connectivity index (χ0) is 61.4. The van der Waals surface area contributed by atoms with Gasteiger partial charge in [-0.2, -0.15) is 0 Å². The van der Waals surface area contributed by atoms with E-state index in [1.54, 1.807) is 107 Å². The van der Waals surface area contributed by atoms with Crippen LogP contribution in [0, 0.1) is 7.11 Å². The topological polar surface area (TPSA) is 203 Å². The zero-order valence-electron chi connectivity index (χ0n) is 55.2. The van der Waals surface area contributed by atoms with Crippen molar-refractivity contribution in [1.82, 2.24) is 0 Å². The van der Waals surface area contributed by atoms with Crippen LogP contribution in [0.3, 0.4) is 0 Å². The molecule has 0 saturated carbocycles. The first kappa shape index (κ1) is 83.0. The third-order valence-corrected chi connectivity index (χ3v) is 62.1. The van der Waals surface area contributed by atoms with Crippen molar-refractivity contribution >= 4 is 112 Å². The summed E-state index contributed by atoms with van der Waals surface area (Å²) in [7, 11) is -10.9. The molecule has 478 valence electrons. The third-order valence-electron chi connectivity index (χ3n) is 14.5. The van der Waals surface area contributed by atoms with E-state index < -0.39 is 112 Å². The zero-order valence-corrected chi connectivity index (χ0v) is 74.6. The van der Waals surface area contributed by atoms with Gasteiger partial charge in [0.2, 0.25) is 0 Å². The molecule has 0 unspecified atom stereocenters. The van der Waals surface area contributed by atoms with E-state index in [1.807, 2.05) is 0 Å². The average molecular weight is 1630 g/mol. The number of hydrogen-bond acceptors (Lipinski definition) is 22. The molecule has 0 aliphatic carbocycles. The van der Waals surface area contributed by atoms with Crippen LogP contribution < -0.4 is 0 Å². The summed E-state index contributed by atoms with van der Waals surface area (Å²) in [4.78, 5) is 0. The number of hydrogen-bond donors (Lipinski definition) is 0. The van der Waals surface area contributed by atoms with Crippen molar-refractivity contribution in [2.24, 2.45) is 0 Å². The molecule has 0 aromatic heterocycles. The molecule has 22 nitrogen and oxygen atoms in total. The van der Waals surface area contributed by atoms with E-state index in [4.69, 9.17) is 95.8 Å². The van der Waals surface area contributed by atoms with Crippen molar-refractivity contribution in [2.75, 3.05) is 113 Å². The molecular formula is C44H115O22RfSi13-. The second-order valence-corrected chi connectivity index (χ2v) is 71.6. The first-order chi connectivity index (χ1) is 36.5. The molecule has 0 bridgehead atoms. The van der Waals surface area contributed by atoms with Gasteiger partial charge in [0.1, 0.15) is 0 Å². The van der Waals surface area contributed by atoms with Crippen molar-refractivity contribution in [2.45, 2.75) is 170 Å². The van der Waals surface area contributed by atoms with Crippen molar-refractivity contribution < 1.29 is 95.8 Å². The van der Waals surface area contributed by atoms with Gasteiger partial charge in [0, 0.05) is 156 Å². The van der Waals surface area contributed by atoms with E-state index in [0.717, 1.165) is 12.5 Å². The smallest absolute Gasteiger partial charge is 0.499 e. The van der Waals surface area contributed by atoms with Gasteiger partial charge in [-0.3, -0.25) is 0 Å². The summed E-state index contributed by atoms with van der Waals surface area (Å²) >= 11 is 0. The van der Waals surface area contributed by atoms with Crippen LogP contribution in [-0.4, -0.2) is 225 Å². The molecule has 36 heteroatoms. The third kappa shape index (κ3) is 28.0. The first-order valence-corrected chi connectivity index (χ1v) is 59.5. The minimum absolute atomic E-state index is 0. The van der Waals surface area contributed by atoms with Crippen LogP contribution in [0.4, 0.5) is 0 Å². The van der Waals surface area contributed by atoms with Gasteiger partial charge < -0.3 is 95.8 Å². The molecule has 0 aliphatic rings. The molecule has 0 aromatic rings. The molecule has 0 aromatic carbocycles. The van der Waals surface area contributed by atoms with Gasteiger partial charge in [-0.05, 0) is 128 Å². The second kappa shape index (κ2) is 36.4. The Morgan fingerprint density at radius 2 is 0.375 bits per heavy atom. The quantitative estimate of drug-likeness (QED) is 0.0316. The van der Waals surface area contributed by atoms with Gasteiger partial charge in [0.25, 0.3) is 0 Å². The normalized spacial score (nSPS) is 14.6.